The van der Waals surface area contributed by atoms with Crippen LogP contribution in [0.2, 0.25) is 0 Å². The zero-order chi connectivity index (χ0) is 32.7. The van der Waals surface area contributed by atoms with Gasteiger partial charge in [0.25, 0.3) is 11.8 Å². The molecule has 0 heterocycles. The van der Waals surface area contributed by atoms with Crippen molar-refractivity contribution in [3.63, 3.8) is 0 Å². The second-order valence-corrected chi connectivity index (χ2v) is 11.7. The molecule has 0 aliphatic carbocycles. The Bertz CT molecular complexity index is 1570. The van der Waals surface area contributed by atoms with Crippen molar-refractivity contribution in [1.29, 1.82) is 0 Å². The van der Waals surface area contributed by atoms with Gasteiger partial charge in [0, 0.05) is 22.4 Å². The molecular weight excluding hydrogens is 574 g/mol. The Kier molecular flexibility index (Phi) is 13.4. The maximum absolute atomic E-state index is 13.1. The average Bonchev–Trinajstić information content (AvgIpc) is 3.10. The largest absolute Gasteiger partial charge is 0.495 e. The average molecular weight is 623 g/mol. The van der Waals surface area contributed by atoms with Crippen molar-refractivity contribution in [3.05, 3.63) is 113 Å². The van der Waals surface area contributed by atoms with Crippen LogP contribution in [-0.4, -0.2) is 37.6 Å². The molecule has 46 heavy (non-hydrogen) atoms. The van der Waals surface area contributed by atoms with Crippen LogP contribution in [0.25, 0.3) is 11.1 Å². The molecule has 5 N–H and O–H groups in total. The Labute approximate surface area is 273 Å². The molecule has 4 rings (SSSR count). The van der Waals surface area contributed by atoms with Gasteiger partial charge in [0.05, 0.1) is 33.0 Å². The van der Waals surface area contributed by atoms with Crippen LogP contribution >= 0.6 is 0 Å². The molecule has 0 bridgehead atoms. The zero-order valence-electron chi connectivity index (χ0n) is 27.4. The first kappa shape index (κ1) is 34.4. The minimum absolute atomic E-state index is 0.200. The third-order valence-corrected chi connectivity index (χ3v) is 8.36. The monoisotopic (exact) mass is 622 g/mol. The Balaban J connectivity index is 1.35. The van der Waals surface area contributed by atoms with E-state index in [0.717, 1.165) is 29.5 Å². The predicted molar refractivity (Wildman–Crippen MR) is 187 cm³/mol. The summed E-state index contributed by atoms with van der Waals surface area (Å²) in [6, 6.07) is 26.4. The maximum atomic E-state index is 13.1. The number of hydrogen-bond acceptors (Lipinski definition) is 4. The van der Waals surface area contributed by atoms with Gasteiger partial charge in [0.1, 0.15) is 5.75 Å². The first-order valence-corrected chi connectivity index (χ1v) is 16.5. The van der Waals surface area contributed by atoms with E-state index >= 15 is 0 Å². The van der Waals surface area contributed by atoms with E-state index in [9.17, 15) is 14.7 Å². The van der Waals surface area contributed by atoms with Gasteiger partial charge in [-0.3, -0.25) is 9.59 Å². The SMILES string of the molecule is CCc1ccc(C(=O)Nc2ccc(-c3ccc(NC(=O)c4ccc(CCCCCCCC[NH2+]C)cc4)c(OC)c3)cc2CO)cc1. The molecule has 0 fully saturated rings. The van der Waals surface area contributed by atoms with Crippen LogP contribution in [0.1, 0.15) is 82.9 Å². The fourth-order valence-electron chi connectivity index (χ4n) is 5.49. The van der Waals surface area contributed by atoms with Gasteiger partial charge < -0.3 is 25.8 Å². The smallest absolute Gasteiger partial charge is 0.255 e. The molecule has 4 aromatic carbocycles. The molecule has 0 aliphatic heterocycles. The summed E-state index contributed by atoms with van der Waals surface area (Å²) in [6.07, 6.45) is 9.54. The van der Waals surface area contributed by atoms with Crippen LogP contribution in [0.4, 0.5) is 11.4 Å². The number of carbonyl (C=O) groups is 2. The zero-order valence-corrected chi connectivity index (χ0v) is 27.4. The number of aliphatic hydroxyl groups is 1. The number of amides is 2. The van der Waals surface area contributed by atoms with E-state index in [2.05, 4.69) is 29.9 Å². The van der Waals surface area contributed by atoms with Crippen LogP contribution in [0.3, 0.4) is 0 Å². The van der Waals surface area contributed by atoms with E-state index in [1.165, 1.54) is 50.6 Å². The van der Waals surface area contributed by atoms with Crippen LogP contribution in [0.5, 0.6) is 5.75 Å². The van der Waals surface area contributed by atoms with Gasteiger partial charge in [-0.2, -0.15) is 0 Å². The van der Waals surface area contributed by atoms with Crippen LogP contribution in [0.15, 0.2) is 84.9 Å². The number of methoxy groups -OCH3 is 1. The molecule has 0 radical (unpaired) electrons. The number of nitrogens with two attached hydrogens (primary N) is 1. The van der Waals surface area contributed by atoms with Crippen LogP contribution in [-0.2, 0) is 19.4 Å². The number of carbonyl (C=O) groups excluding carboxylic acids is 2. The van der Waals surface area contributed by atoms with Crippen molar-refractivity contribution in [3.8, 4) is 16.9 Å². The molecule has 0 unspecified atom stereocenters. The van der Waals surface area contributed by atoms with Gasteiger partial charge in [0.15, 0.2) is 0 Å². The minimum atomic E-state index is -0.236. The lowest BCUT2D eigenvalue weighted by Gasteiger charge is -2.15. The Morgan fingerprint density at radius 1 is 0.696 bits per heavy atom. The molecule has 7 nitrogen and oxygen atoms in total. The fraction of sp³-hybridized carbons (Fsp3) is 0.333. The van der Waals surface area contributed by atoms with Crippen molar-refractivity contribution in [2.24, 2.45) is 0 Å². The number of unbranched alkanes of at least 4 members (excludes halogenated alkanes) is 5. The molecule has 2 amide bonds. The lowest BCUT2D eigenvalue weighted by atomic mass is 10.0. The summed E-state index contributed by atoms with van der Waals surface area (Å²) in [7, 11) is 3.69. The molecule has 0 aliphatic rings. The summed E-state index contributed by atoms with van der Waals surface area (Å²) >= 11 is 0. The van der Waals surface area contributed by atoms with Gasteiger partial charge in [-0.25, -0.2) is 0 Å². The number of hydrogen-bond donors (Lipinski definition) is 4. The summed E-state index contributed by atoms with van der Waals surface area (Å²) < 4.78 is 5.63. The topological polar surface area (TPSA) is 104 Å². The number of benzene rings is 4. The van der Waals surface area contributed by atoms with Crippen molar-refractivity contribution in [2.75, 3.05) is 31.3 Å². The lowest BCUT2D eigenvalue weighted by molar-refractivity contribution is -0.627. The van der Waals surface area contributed by atoms with Gasteiger partial charge in [0.2, 0.25) is 0 Å². The highest BCUT2D eigenvalue weighted by Gasteiger charge is 2.14. The van der Waals surface area contributed by atoms with Crippen molar-refractivity contribution in [2.45, 2.75) is 64.9 Å². The Hall–Kier alpha value is -4.46. The van der Waals surface area contributed by atoms with E-state index in [0.29, 0.717) is 33.8 Å². The third-order valence-electron chi connectivity index (χ3n) is 8.36. The number of ether oxygens (including phenoxy) is 1. The lowest BCUT2D eigenvalue weighted by Crippen LogP contribution is -2.79. The van der Waals surface area contributed by atoms with Crippen molar-refractivity contribution >= 4 is 23.2 Å². The van der Waals surface area contributed by atoms with Gasteiger partial charge >= 0.3 is 0 Å². The molecule has 0 spiro atoms. The minimum Gasteiger partial charge on any atom is -0.495 e. The second kappa shape index (κ2) is 17.9. The molecule has 0 saturated carbocycles. The number of anilines is 2. The molecule has 0 atom stereocenters. The normalized spacial score (nSPS) is 10.9. The molecule has 0 saturated heterocycles. The van der Waals surface area contributed by atoms with E-state index < -0.39 is 0 Å². The van der Waals surface area contributed by atoms with E-state index in [-0.39, 0.29) is 18.4 Å². The van der Waals surface area contributed by atoms with Gasteiger partial charge in [-0.15, -0.1) is 0 Å². The van der Waals surface area contributed by atoms with Crippen LogP contribution in [0, 0.1) is 0 Å². The highest BCUT2D eigenvalue weighted by Crippen LogP contribution is 2.33. The van der Waals surface area contributed by atoms with Crippen molar-refractivity contribution < 1.29 is 24.7 Å². The number of rotatable bonds is 17. The number of aryl methyl sites for hydroxylation is 2. The van der Waals surface area contributed by atoms with Gasteiger partial charge in [-0.05, 0) is 103 Å². The number of quaternary nitrogens is 1. The summed E-state index contributed by atoms with van der Waals surface area (Å²) in [5.41, 5.74) is 6.96. The van der Waals surface area contributed by atoms with Crippen molar-refractivity contribution in [1.82, 2.24) is 0 Å². The fourth-order valence-corrected chi connectivity index (χ4v) is 5.49. The highest BCUT2D eigenvalue weighted by atomic mass is 16.5. The first-order chi connectivity index (χ1) is 22.4. The van der Waals surface area contributed by atoms with Gasteiger partial charge in [-0.1, -0.05) is 62.6 Å². The summed E-state index contributed by atoms with van der Waals surface area (Å²) in [4.78, 5) is 25.9. The molecule has 0 aromatic heterocycles. The predicted octanol–water partition coefficient (Wildman–Crippen LogP) is 7.00. The Morgan fingerprint density at radius 2 is 1.24 bits per heavy atom. The van der Waals surface area contributed by atoms with E-state index in [1.807, 2.05) is 66.7 Å². The highest BCUT2D eigenvalue weighted by molar-refractivity contribution is 6.06. The van der Waals surface area contributed by atoms with E-state index in [1.54, 1.807) is 25.3 Å². The molecule has 4 aromatic rings. The Morgan fingerprint density at radius 3 is 1.83 bits per heavy atom. The standard InChI is InChI=1S/C39H47N3O4/c1-4-28-12-16-30(17-13-28)38(44)41-35-22-20-32(25-34(35)27-43)33-21-23-36(37(26-33)46-3)42-39(45)31-18-14-29(15-19-31)11-9-7-5-6-8-10-24-40-2/h12-23,25-26,40,43H,4-11,24,27H2,1-3H3,(H,41,44)(H,42,45)/p+1. The second-order valence-electron chi connectivity index (χ2n) is 11.7. The van der Waals surface area contributed by atoms with E-state index in [4.69, 9.17) is 4.74 Å². The van der Waals surface area contributed by atoms with Crippen LogP contribution < -0.4 is 20.7 Å². The third kappa shape index (κ3) is 9.77. The molecule has 7 heteroatoms. The maximum Gasteiger partial charge on any atom is 0.255 e. The number of aliphatic hydroxyl groups excluding tert-OH is 1. The summed E-state index contributed by atoms with van der Waals surface area (Å²) in [5.74, 6) is 0.0896. The summed E-state index contributed by atoms with van der Waals surface area (Å²) in [6.45, 7) is 3.05. The molecule has 242 valence electrons. The summed E-state index contributed by atoms with van der Waals surface area (Å²) in [5, 5.41) is 18.2. The quantitative estimate of drug-likeness (QED) is 0.0953. The number of nitrogens with one attached hydrogen (secondary N) is 2. The molecular formula is C39H48N3O4+. The first-order valence-electron chi connectivity index (χ1n) is 16.5.